The summed E-state index contributed by atoms with van der Waals surface area (Å²) < 4.78 is 18.4. The second-order valence-electron chi connectivity index (χ2n) is 8.54. The van der Waals surface area contributed by atoms with Crippen LogP contribution in [0.2, 0.25) is 0 Å². The van der Waals surface area contributed by atoms with Gasteiger partial charge in [0, 0.05) is 30.9 Å². The number of hydrogen-bond donors (Lipinski definition) is 2. The second-order valence-corrected chi connectivity index (χ2v) is 8.54. The predicted octanol–water partition coefficient (Wildman–Crippen LogP) is 3.34. The van der Waals surface area contributed by atoms with Crippen molar-refractivity contribution >= 4 is 17.5 Å². The lowest BCUT2D eigenvalue weighted by Crippen LogP contribution is -2.49. The number of halogens is 1. The Morgan fingerprint density at radius 1 is 1.00 bits per heavy atom. The minimum Gasteiger partial charge on any atom is -0.379 e. The SMILES string of the molecule is O=C(Nc1ccc(C2(C(=O)NCCCN3CCOCC3)CCC2)cc1)c1ccc(F)cc1. The first-order valence-electron chi connectivity index (χ1n) is 11.3. The highest BCUT2D eigenvalue weighted by Crippen LogP contribution is 2.44. The van der Waals surface area contributed by atoms with Crippen LogP contribution in [0.25, 0.3) is 0 Å². The van der Waals surface area contributed by atoms with Crippen LogP contribution < -0.4 is 10.6 Å². The highest BCUT2D eigenvalue weighted by molar-refractivity contribution is 6.04. The van der Waals surface area contributed by atoms with E-state index in [1.807, 2.05) is 24.3 Å². The zero-order valence-corrected chi connectivity index (χ0v) is 18.2. The summed E-state index contributed by atoms with van der Waals surface area (Å²) >= 11 is 0. The number of amides is 2. The van der Waals surface area contributed by atoms with Crippen molar-refractivity contribution in [3.8, 4) is 0 Å². The predicted molar refractivity (Wildman–Crippen MR) is 121 cm³/mol. The molecule has 170 valence electrons. The fourth-order valence-corrected chi connectivity index (χ4v) is 4.35. The first kappa shape index (κ1) is 22.4. The number of nitrogens with zero attached hydrogens (tertiary/aromatic N) is 1. The summed E-state index contributed by atoms with van der Waals surface area (Å²) in [5, 5.41) is 5.96. The van der Waals surface area contributed by atoms with E-state index in [4.69, 9.17) is 4.74 Å². The van der Waals surface area contributed by atoms with E-state index in [-0.39, 0.29) is 17.6 Å². The molecule has 0 unspecified atom stereocenters. The quantitative estimate of drug-likeness (QED) is 0.619. The normalized spacial score (nSPS) is 17.9. The Morgan fingerprint density at radius 2 is 1.69 bits per heavy atom. The van der Waals surface area contributed by atoms with E-state index in [1.165, 1.54) is 24.3 Å². The van der Waals surface area contributed by atoms with Crippen LogP contribution in [0, 0.1) is 5.82 Å². The molecule has 7 heteroatoms. The molecule has 1 aliphatic heterocycles. The Bertz CT molecular complexity index is 920. The zero-order valence-electron chi connectivity index (χ0n) is 18.2. The Kier molecular flexibility index (Phi) is 7.17. The van der Waals surface area contributed by atoms with Gasteiger partial charge < -0.3 is 15.4 Å². The number of carbonyl (C=O) groups is 2. The number of carbonyl (C=O) groups excluding carboxylic acids is 2. The van der Waals surface area contributed by atoms with Crippen molar-refractivity contribution < 1.29 is 18.7 Å². The molecule has 2 fully saturated rings. The summed E-state index contributed by atoms with van der Waals surface area (Å²) in [6, 6.07) is 12.9. The molecule has 4 rings (SSSR count). The summed E-state index contributed by atoms with van der Waals surface area (Å²) in [5.74, 6) is -0.584. The van der Waals surface area contributed by atoms with Crippen LogP contribution in [0.5, 0.6) is 0 Å². The largest absolute Gasteiger partial charge is 0.379 e. The van der Waals surface area contributed by atoms with Crippen molar-refractivity contribution in [3.05, 3.63) is 65.5 Å². The van der Waals surface area contributed by atoms with Gasteiger partial charge in [0.1, 0.15) is 5.82 Å². The van der Waals surface area contributed by atoms with E-state index in [1.54, 1.807) is 0 Å². The van der Waals surface area contributed by atoms with Crippen molar-refractivity contribution in [1.82, 2.24) is 10.2 Å². The third kappa shape index (κ3) is 5.16. The molecule has 2 aliphatic rings. The molecule has 2 N–H and O–H groups in total. The van der Waals surface area contributed by atoms with Crippen LogP contribution >= 0.6 is 0 Å². The Labute approximate surface area is 188 Å². The number of ether oxygens (including phenoxy) is 1. The number of nitrogens with one attached hydrogen (secondary N) is 2. The average Bonchev–Trinajstić information content (AvgIpc) is 2.78. The molecular formula is C25H30FN3O3. The highest BCUT2D eigenvalue weighted by Gasteiger charge is 2.45. The number of hydrogen-bond acceptors (Lipinski definition) is 4. The van der Waals surface area contributed by atoms with E-state index in [0.717, 1.165) is 64.1 Å². The van der Waals surface area contributed by atoms with Crippen LogP contribution in [0.3, 0.4) is 0 Å². The number of benzene rings is 2. The zero-order chi connectivity index (χ0) is 22.4. The van der Waals surface area contributed by atoms with Crippen molar-refractivity contribution in [1.29, 1.82) is 0 Å². The molecule has 0 spiro atoms. The lowest BCUT2D eigenvalue weighted by atomic mass is 9.63. The van der Waals surface area contributed by atoms with E-state index >= 15 is 0 Å². The number of anilines is 1. The molecule has 32 heavy (non-hydrogen) atoms. The van der Waals surface area contributed by atoms with E-state index < -0.39 is 5.41 Å². The van der Waals surface area contributed by atoms with Gasteiger partial charge in [-0.2, -0.15) is 0 Å². The van der Waals surface area contributed by atoms with Gasteiger partial charge >= 0.3 is 0 Å². The van der Waals surface area contributed by atoms with E-state index in [2.05, 4.69) is 15.5 Å². The van der Waals surface area contributed by atoms with E-state index in [9.17, 15) is 14.0 Å². The summed E-state index contributed by atoms with van der Waals surface area (Å²) in [6.07, 6.45) is 3.63. The van der Waals surface area contributed by atoms with Crippen LogP contribution in [0.4, 0.5) is 10.1 Å². The van der Waals surface area contributed by atoms with Gasteiger partial charge in [-0.1, -0.05) is 18.6 Å². The Balaban J connectivity index is 1.31. The molecule has 1 saturated heterocycles. The highest BCUT2D eigenvalue weighted by atomic mass is 19.1. The molecular weight excluding hydrogens is 409 g/mol. The van der Waals surface area contributed by atoms with Gasteiger partial charge in [-0.15, -0.1) is 0 Å². The standard InChI is InChI=1S/C25H30FN3O3/c26-21-7-3-19(4-8-21)23(30)28-22-9-5-20(6-10-22)25(11-1-12-25)24(31)27-13-2-14-29-15-17-32-18-16-29/h3-10H,1-2,11-18H2,(H,27,31)(H,28,30). The van der Waals surface area contributed by atoms with Crippen molar-refractivity contribution in [2.75, 3.05) is 44.7 Å². The van der Waals surface area contributed by atoms with E-state index in [0.29, 0.717) is 17.8 Å². The topological polar surface area (TPSA) is 70.7 Å². The third-order valence-electron chi connectivity index (χ3n) is 6.48. The minimum atomic E-state index is -0.474. The number of rotatable bonds is 8. The summed E-state index contributed by atoms with van der Waals surface area (Å²) in [5.41, 5.74) is 1.54. The molecule has 0 atom stereocenters. The maximum atomic E-state index is 13.0. The Morgan fingerprint density at radius 3 is 2.31 bits per heavy atom. The summed E-state index contributed by atoms with van der Waals surface area (Å²) in [7, 11) is 0. The molecule has 1 saturated carbocycles. The van der Waals surface area contributed by atoms with Crippen molar-refractivity contribution in [2.24, 2.45) is 0 Å². The maximum absolute atomic E-state index is 13.0. The van der Waals surface area contributed by atoms with Crippen LogP contribution in [-0.2, 0) is 14.9 Å². The molecule has 6 nitrogen and oxygen atoms in total. The Hall–Kier alpha value is -2.77. The molecule has 0 bridgehead atoms. The molecule has 0 aromatic heterocycles. The molecule has 2 aromatic rings. The monoisotopic (exact) mass is 439 g/mol. The summed E-state index contributed by atoms with van der Waals surface area (Å²) in [6.45, 7) is 5.14. The fraction of sp³-hybridized carbons (Fsp3) is 0.440. The van der Waals surface area contributed by atoms with Gasteiger partial charge in [0.15, 0.2) is 0 Å². The van der Waals surface area contributed by atoms with Crippen molar-refractivity contribution in [3.63, 3.8) is 0 Å². The third-order valence-corrected chi connectivity index (χ3v) is 6.48. The first-order valence-corrected chi connectivity index (χ1v) is 11.3. The van der Waals surface area contributed by atoms with Gasteiger partial charge in [0.05, 0.1) is 18.6 Å². The van der Waals surface area contributed by atoms with Gasteiger partial charge in [-0.3, -0.25) is 14.5 Å². The molecule has 2 amide bonds. The number of morpholine rings is 1. The fourth-order valence-electron chi connectivity index (χ4n) is 4.35. The minimum absolute atomic E-state index is 0.0915. The first-order chi connectivity index (χ1) is 15.6. The lowest BCUT2D eigenvalue weighted by molar-refractivity contribution is -0.129. The van der Waals surface area contributed by atoms with Gasteiger partial charge in [0.25, 0.3) is 5.91 Å². The van der Waals surface area contributed by atoms with Crippen LogP contribution in [0.15, 0.2) is 48.5 Å². The molecule has 2 aromatic carbocycles. The van der Waals surface area contributed by atoms with Crippen LogP contribution in [0.1, 0.15) is 41.6 Å². The molecule has 1 heterocycles. The smallest absolute Gasteiger partial charge is 0.255 e. The van der Waals surface area contributed by atoms with Gasteiger partial charge in [-0.25, -0.2) is 4.39 Å². The van der Waals surface area contributed by atoms with Crippen LogP contribution in [-0.4, -0.2) is 56.1 Å². The second kappa shape index (κ2) is 10.2. The lowest BCUT2D eigenvalue weighted by Gasteiger charge is -2.41. The van der Waals surface area contributed by atoms with Crippen molar-refractivity contribution in [2.45, 2.75) is 31.1 Å². The average molecular weight is 440 g/mol. The molecule has 1 aliphatic carbocycles. The summed E-state index contributed by atoms with van der Waals surface area (Å²) in [4.78, 5) is 27.7. The molecule has 0 radical (unpaired) electrons. The maximum Gasteiger partial charge on any atom is 0.255 e. The van der Waals surface area contributed by atoms with Gasteiger partial charge in [-0.05, 0) is 67.8 Å². The van der Waals surface area contributed by atoms with Gasteiger partial charge in [0.2, 0.25) is 5.91 Å².